The fraction of sp³-hybridized carbons (Fsp3) is 0.294. The minimum atomic E-state index is -1.14. The maximum Gasteiger partial charge on any atom is 0.352 e. The highest BCUT2D eigenvalue weighted by molar-refractivity contribution is 8.01. The molecule has 2 atom stereocenters. The highest BCUT2D eigenvalue weighted by atomic mass is 32.2. The van der Waals surface area contributed by atoms with E-state index in [2.05, 4.69) is 30.8 Å². The number of carbonyl (C=O) groups excluding carboxylic acids is 1. The number of fused-ring (bicyclic) bond motifs is 2. The monoisotopic (exact) mass is 460 g/mol. The molecule has 0 bridgehead atoms. The molecule has 1 amide bonds. The summed E-state index contributed by atoms with van der Waals surface area (Å²) in [6.07, 6.45) is 0. The smallest absolute Gasteiger partial charge is 0.352 e. The first-order valence-corrected chi connectivity index (χ1v) is 11.2. The molecule has 0 aliphatic carbocycles. The van der Waals surface area contributed by atoms with Crippen LogP contribution in [0.1, 0.15) is 0 Å². The van der Waals surface area contributed by atoms with Crippen LogP contribution >= 0.6 is 23.5 Å². The topological polar surface area (TPSA) is 162 Å². The summed E-state index contributed by atoms with van der Waals surface area (Å²) < 4.78 is 1.51. The standard InChI is InChI=1S/C17H16N8O4S2/c1-24-17(21-22-23-24)31-6-7-5-30-14-11(13(27)25(14)12(7)15(28)29)20-16-18-9-3-2-8(26)4-10(9)19-16/h2-4,11,14,26H,5-6H2,1H3,(H,28,29)(H2,18,19,20)/t11?,14-/m0/s1. The number of benzene rings is 1. The molecular formula is C17H16N8O4S2. The van der Waals surface area contributed by atoms with Crippen molar-refractivity contribution >= 4 is 52.4 Å². The molecule has 0 radical (unpaired) electrons. The Morgan fingerprint density at radius 2 is 2.29 bits per heavy atom. The molecule has 4 heterocycles. The van der Waals surface area contributed by atoms with Crippen molar-refractivity contribution in [2.24, 2.45) is 7.05 Å². The minimum Gasteiger partial charge on any atom is -0.508 e. The average molecular weight is 461 g/mol. The lowest BCUT2D eigenvalue weighted by Crippen LogP contribution is -2.67. The van der Waals surface area contributed by atoms with Gasteiger partial charge in [-0.2, -0.15) is 0 Å². The van der Waals surface area contributed by atoms with E-state index in [1.807, 2.05) is 0 Å². The average Bonchev–Trinajstić information content (AvgIpc) is 3.34. The van der Waals surface area contributed by atoms with E-state index < -0.39 is 12.0 Å². The number of thioether (sulfide) groups is 2. The van der Waals surface area contributed by atoms with Gasteiger partial charge in [-0.15, -0.1) is 16.9 Å². The summed E-state index contributed by atoms with van der Waals surface area (Å²) in [4.78, 5) is 33.5. The SMILES string of the molecule is Cn1nnnc1SCC1=C(C(=O)O)N2C(=O)C(Nc3nc4cc(O)ccc4[nH]3)[C@@H]2SC1. The molecule has 1 aromatic carbocycles. The number of H-pyrrole nitrogens is 1. The number of carbonyl (C=O) groups is 2. The zero-order chi connectivity index (χ0) is 21.7. The molecule has 2 aromatic heterocycles. The summed E-state index contributed by atoms with van der Waals surface area (Å²) in [6, 6.07) is 4.14. The van der Waals surface area contributed by atoms with Crippen molar-refractivity contribution in [2.45, 2.75) is 16.6 Å². The first-order chi connectivity index (χ1) is 14.9. The second kappa shape index (κ2) is 7.46. The largest absolute Gasteiger partial charge is 0.508 e. The third-order valence-corrected chi connectivity index (χ3v) is 7.40. The Labute approximate surface area is 183 Å². The molecule has 1 unspecified atom stereocenters. The van der Waals surface area contributed by atoms with E-state index in [-0.39, 0.29) is 22.7 Å². The second-order valence-electron chi connectivity index (χ2n) is 6.95. The van der Waals surface area contributed by atoms with Gasteiger partial charge in [0, 0.05) is 24.6 Å². The van der Waals surface area contributed by atoms with E-state index in [1.165, 1.54) is 45.2 Å². The molecule has 3 aromatic rings. The van der Waals surface area contributed by atoms with Crippen LogP contribution in [0.4, 0.5) is 5.95 Å². The number of anilines is 1. The Morgan fingerprint density at radius 3 is 3.03 bits per heavy atom. The molecule has 2 aliphatic rings. The molecule has 14 heteroatoms. The number of nitrogens with one attached hydrogen (secondary N) is 2. The number of phenolic OH excluding ortho intramolecular Hbond substituents is 1. The number of phenols is 1. The van der Waals surface area contributed by atoms with Gasteiger partial charge in [-0.1, -0.05) is 11.8 Å². The van der Waals surface area contributed by atoms with Gasteiger partial charge in [0.1, 0.15) is 22.9 Å². The van der Waals surface area contributed by atoms with Crippen molar-refractivity contribution in [1.82, 2.24) is 35.1 Å². The number of aliphatic carboxylic acids is 1. The van der Waals surface area contributed by atoms with Crippen LogP contribution in [0.2, 0.25) is 0 Å². The number of aromatic hydroxyl groups is 1. The molecule has 0 saturated carbocycles. The number of aromatic amines is 1. The van der Waals surface area contributed by atoms with E-state index in [1.54, 1.807) is 13.1 Å². The predicted molar refractivity (Wildman–Crippen MR) is 112 cm³/mol. The van der Waals surface area contributed by atoms with Crippen LogP contribution in [0.3, 0.4) is 0 Å². The Morgan fingerprint density at radius 1 is 1.45 bits per heavy atom. The Bertz CT molecular complexity index is 1240. The van der Waals surface area contributed by atoms with Gasteiger partial charge in [0.15, 0.2) is 0 Å². The van der Waals surface area contributed by atoms with Gasteiger partial charge in [-0.25, -0.2) is 14.5 Å². The molecule has 12 nitrogen and oxygen atoms in total. The molecule has 31 heavy (non-hydrogen) atoms. The van der Waals surface area contributed by atoms with E-state index in [4.69, 9.17) is 0 Å². The first-order valence-electron chi connectivity index (χ1n) is 9.13. The maximum absolute atomic E-state index is 12.8. The number of hydrogen-bond donors (Lipinski definition) is 4. The number of rotatable bonds is 6. The van der Waals surface area contributed by atoms with Crippen LogP contribution in [-0.4, -0.2) is 80.1 Å². The van der Waals surface area contributed by atoms with Crippen LogP contribution in [0, 0.1) is 0 Å². The number of amides is 1. The van der Waals surface area contributed by atoms with Crippen LogP contribution in [-0.2, 0) is 16.6 Å². The lowest BCUT2D eigenvalue weighted by molar-refractivity contribution is -0.147. The van der Waals surface area contributed by atoms with Crippen LogP contribution in [0.5, 0.6) is 5.75 Å². The van der Waals surface area contributed by atoms with Gasteiger partial charge in [0.2, 0.25) is 11.1 Å². The predicted octanol–water partition coefficient (Wildman–Crippen LogP) is 0.619. The first kappa shape index (κ1) is 19.7. The number of nitrogens with zero attached hydrogens (tertiary/aromatic N) is 6. The molecule has 5 rings (SSSR count). The van der Waals surface area contributed by atoms with Crippen LogP contribution in [0.25, 0.3) is 11.0 Å². The molecule has 0 spiro atoms. The van der Waals surface area contributed by atoms with Gasteiger partial charge >= 0.3 is 5.97 Å². The number of carboxylic acids is 1. The molecule has 1 saturated heterocycles. The van der Waals surface area contributed by atoms with Crippen molar-refractivity contribution in [1.29, 1.82) is 0 Å². The summed E-state index contributed by atoms with van der Waals surface area (Å²) in [6.45, 7) is 0. The number of aryl methyl sites for hydroxylation is 1. The number of tetrazole rings is 1. The van der Waals surface area contributed by atoms with E-state index in [9.17, 15) is 19.8 Å². The van der Waals surface area contributed by atoms with Crippen molar-refractivity contribution in [2.75, 3.05) is 16.8 Å². The van der Waals surface area contributed by atoms with E-state index in [0.717, 1.165) is 0 Å². The highest BCUT2D eigenvalue weighted by Gasteiger charge is 2.53. The van der Waals surface area contributed by atoms with Gasteiger partial charge < -0.3 is 20.5 Å². The second-order valence-corrected chi connectivity index (χ2v) is 9.00. The van der Waals surface area contributed by atoms with Gasteiger partial charge in [-0.3, -0.25) is 9.69 Å². The number of aromatic nitrogens is 6. The normalized spacial score (nSPS) is 20.7. The van der Waals surface area contributed by atoms with E-state index in [0.29, 0.717) is 39.2 Å². The van der Waals surface area contributed by atoms with Crippen LogP contribution in [0.15, 0.2) is 34.6 Å². The van der Waals surface area contributed by atoms with Gasteiger partial charge in [-0.05, 0) is 28.1 Å². The fourth-order valence-electron chi connectivity index (χ4n) is 3.50. The molecule has 2 aliphatic heterocycles. The molecule has 4 N–H and O–H groups in total. The van der Waals surface area contributed by atoms with Crippen molar-refractivity contribution in [3.05, 3.63) is 29.5 Å². The molecule has 1 fully saturated rings. The Balaban J connectivity index is 1.34. The molecule has 160 valence electrons. The lowest BCUT2D eigenvalue weighted by atomic mass is 10.0. The number of carboxylic acid groups (broad SMARTS) is 1. The van der Waals surface area contributed by atoms with Gasteiger partial charge in [0.25, 0.3) is 5.91 Å². The molecular weight excluding hydrogens is 444 g/mol. The van der Waals surface area contributed by atoms with Gasteiger partial charge in [0.05, 0.1) is 11.0 Å². The summed E-state index contributed by atoms with van der Waals surface area (Å²) >= 11 is 2.81. The van der Waals surface area contributed by atoms with Crippen molar-refractivity contribution in [3.63, 3.8) is 0 Å². The van der Waals surface area contributed by atoms with Crippen molar-refractivity contribution < 1.29 is 19.8 Å². The Hall–Kier alpha value is -3.26. The van der Waals surface area contributed by atoms with Crippen molar-refractivity contribution in [3.8, 4) is 5.75 Å². The lowest BCUT2D eigenvalue weighted by Gasteiger charge is -2.49. The zero-order valence-corrected chi connectivity index (χ0v) is 17.6. The fourth-order valence-corrected chi connectivity index (χ4v) is 5.83. The summed E-state index contributed by atoms with van der Waals surface area (Å²) in [5.74, 6) is -0.150. The zero-order valence-electron chi connectivity index (χ0n) is 16.0. The third kappa shape index (κ3) is 3.37. The number of β-lactam (4-membered cyclic amide) rings is 1. The highest BCUT2D eigenvalue weighted by Crippen LogP contribution is 2.42. The summed E-state index contributed by atoms with van der Waals surface area (Å²) in [7, 11) is 1.70. The number of hydrogen-bond acceptors (Lipinski definition) is 10. The maximum atomic E-state index is 12.8. The summed E-state index contributed by atoms with van der Waals surface area (Å²) in [5, 5.41) is 33.8. The van der Waals surface area contributed by atoms with Crippen LogP contribution < -0.4 is 5.32 Å². The number of imidazole rings is 1. The quantitative estimate of drug-likeness (QED) is 0.301. The summed E-state index contributed by atoms with van der Waals surface area (Å²) in [5.41, 5.74) is 1.94. The third-order valence-electron chi connectivity index (χ3n) is 4.97. The minimum absolute atomic E-state index is 0.0176. The van der Waals surface area contributed by atoms with E-state index >= 15 is 0 Å². The Kier molecular flexibility index (Phi) is 4.74.